The lowest BCUT2D eigenvalue weighted by Crippen LogP contribution is -2.29. The van der Waals surface area contributed by atoms with Crippen LogP contribution in [0, 0.1) is 0 Å². The van der Waals surface area contributed by atoms with E-state index < -0.39 is 9.84 Å². The van der Waals surface area contributed by atoms with Crippen molar-refractivity contribution >= 4 is 9.84 Å². The predicted molar refractivity (Wildman–Crippen MR) is 77.6 cm³/mol. The molecule has 0 aliphatic carbocycles. The molecule has 1 aromatic rings. The van der Waals surface area contributed by atoms with Gasteiger partial charge in [0.25, 0.3) is 0 Å². The van der Waals surface area contributed by atoms with Gasteiger partial charge in [0, 0.05) is 12.2 Å². The molecular formula is C13H25N3O2S. The van der Waals surface area contributed by atoms with Crippen LogP contribution in [0.4, 0.5) is 0 Å². The number of aromatic nitrogens is 2. The number of nitrogens with zero attached hydrogens (tertiary/aromatic N) is 2. The highest BCUT2D eigenvalue weighted by molar-refractivity contribution is 7.90. The summed E-state index contributed by atoms with van der Waals surface area (Å²) in [5.41, 5.74) is 6.31. The molecule has 0 aliphatic rings. The first kappa shape index (κ1) is 16.2. The van der Waals surface area contributed by atoms with E-state index in [0.29, 0.717) is 18.2 Å². The summed E-state index contributed by atoms with van der Waals surface area (Å²) in [4.78, 5) is 0. The molecule has 1 rings (SSSR count). The van der Waals surface area contributed by atoms with Crippen molar-refractivity contribution in [3.8, 4) is 0 Å². The first-order valence-corrected chi connectivity index (χ1v) is 8.74. The van der Waals surface area contributed by atoms with Gasteiger partial charge in [0.05, 0.1) is 23.2 Å². The standard InChI is InChI=1S/C13H25N3O2S/c1-4-11(14)9-19(17,18)10-12-7-8-16(15-12)13(5-2)6-3/h7-8,11,13H,4-6,9-10,14H2,1-3H3. The molecule has 1 aromatic heterocycles. The third-order valence-electron chi connectivity index (χ3n) is 3.34. The fraction of sp³-hybridized carbons (Fsp3) is 0.769. The Morgan fingerprint density at radius 2 is 1.89 bits per heavy atom. The van der Waals surface area contributed by atoms with Crippen LogP contribution < -0.4 is 5.73 Å². The van der Waals surface area contributed by atoms with Gasteiger partial charge in [-0.1, -0.05) is 20.8 Å². The molecule has 0 saturated carbocycles. The van der Waals surface area contributed by atoms with Crippen LogP contribution in [0.25, 0.3) is 0 Å². The molecule has 0 amide bonds. The van der Waals surface area contributed by atoms with Crippen molar-refractivity contribution in [2.45, 2.75) is 57.9 Å². The fourth-order valence-corrected chi connectivity index (χ4v) is 3.66. The Kier molecular flexibility index (Phi) is 6.00. The zero-order chi connectivity index (χ0) is 14.5. The molecule has 19 heavy (non-hydrogen) atoms. The lowest BCUT2D eigenvalue weighted by molar-refractivity contribution is 0.426. The summed E-state index contributed by atoms with van der Waals surface area (Å²) < 4.78 is 25.8. The number of hydrogen-bond donors (Lipinski definition) is 1. The minimum atomic E-state index is -3.17. The van der Waals surface area contributed by atoms with E-state index in [4.69, 9.17) is 5.73 Å². The average Bonchev–Trinajstić information content (AvgIpc) is 2.77. The van der Waals surface area contributed by atoms with Gasteiger partial charge in [0.1, 0.15) is 0 Å². The first-order valence-electron chi connectivity index (χ1n) is 6.91. The quantitative estimate of drug-likeness (QED) is 0.792. The molecule has 1 atom stereocenters. The Bertz CT molecular complexity index is 478. The smallest absolute Gasteiger partial charge is 0.157 e. The van der Waals surface area contributed by atoms with Gasteiger partial charge >= 0.3 is 0 Å². The Morgan fingerprint density at radius 1 is 1.26 bits per heavy atom. The van der Waals surface area contributed by atoms with Gasteiger partial charge in [-0.2, -0.15) is 5.10 Å². The van der Waals surface area contributed by atoms with Crippen molar-refractivity contribution in [3.63, 3.8) is 0 Å². The molecule has 5 nitrogen and oxygen atoms in total. The summed E-state index contributed by atoms with van der Waals surface area (Å²) in [5, 5.41) is 4.37. The maximum absolute atomic E-state index is 12.0. The Labute approximate surface area is 116 Å². The normalized spacial score (nSPS) is 13.9. The van der Waals surface area contributed by atoms with E-state index in [2.05, 4.69) is 18.9 Å². The molecule has 0 aliphatic heterocycles. The van der Waals surface area contributed by atoms with Gasteiger partial charge in [-0.15, -0.1) is 0 Å². The van der Waals surface area contributed by atoms with Crippen LogP contribution in [-0.4, -0.2) is 30.0 Å². The van der Waals surface area contributed by atoms with Gasteiger partial charge < -0.3 is 5.73 Å². The number of hydrogen-bond acceptors (Lipinski definition) is 4. The molecular weight excluding hydrogens is 262 g/mol. The summed E-state index contributed by atoms with van der Waals surface area (Å²) in [6.45, 7) is 6.10. The maximum atomic E-state index is 12.0. The fourth-order valence-electron chi connectivity index (χ4n) is 2.05. The number of sulfone groups is 1. The summed E-state index contributed by atoms with van der Waals surface area (Å²) in [6.07, 6.45) is 4.51. The van der Waals surface area contributed by atoms with Crippen molar-refractivity contribution < 1.29 is 8.42 Å². The van der Waals surface area contributed by atoms with Gasteiger partial charge in [0.2, 0.25) is 0 Å². The number of nitrogens with two attached hydrogens (primary N) is 1. The van der Waals surface area contributed by atoms with E-state index in [9.17, 15) is 8.42 Å². The minimum Gasteiger partial charge on any atom is -0.327 e. The Morgan fingerprint density at radius 3 is 2.42 bits per heavy atom. The van der Waals surface area contributed by atoms with E-state index in [1.165, 1.54) is 0 Å². The third-order valence-corrected chi connectivity index (χ3v) is 5.01. The van der Waals surface area contributed by atoms with Gasteiger partial charge in [0.15, 0.2) is 9.84 Å². The molecule has 0 radical (unpaired) electrons. The molecule has 0 aromatic carbocycles. The SMILES string of the molecule is CCC(N)CS(=O)(=O)Cc1ccn(C(CC)CC)n1. The largest absolute Gasteiger partial charge is 0.327 e. The van der Waals surface area contributed by atoms with Crippen LogP contribution in [0.15, 0.2) is 12.3 Å². The molecule has 1 unspecified atom stereocenters. The highest BCUT2D eigenvalue weighted by Gasteiger charge is 2.18. The van der Waals surface area contributed by atoms with Gasteiger partial charge in [-0.25, -0.2) is 8.42 Å². The Balaban J connectivity index is 2.73. The number of rotatable bonds is 8. The third kappa shape index (κ3) is 4.95. The lowest BCUT2D eigenvalue weighted by Gasteiger charge is -2.12. The second-order valence-electron chi connectivity index (χ2n) is 4.98. The van der Waals surface area contributed by atoms with Crippen molar-refractivity contribution in [2.75, 3.05) is 5.75 Å². The monoisotopic (exact) mass is 287 g/mol. The van der Waals surface area contributed by atoms with E-state index >= 15 is 0 Å². The van der Waals surface area contributed by atoms with E-state index in [0.717, 1.165) is 12.8 Å². The molecule has 0 bridgehead atoms. The topological polar surface area (TPSA) is 78.0 Å². The zero-order valence-corrected chi connectivity index (χ0v) is 12.9. The van der Waals surface area contributed by atoms with Crippen molar-refractivity contribution in [2.24, 2.45) is 5.73 Å². The summed E-state index contributed by atoms with van der Waals surface area (Å²) in [7, 11) is -3.17. The van der Waals surface area contributed by atoms with Crippen LogP contribution in [0.2, 0.25) is 0 Å². The summed E-state index contributed by atoms with van der Waals surface area (Å²) >= 11 is 0. The molecule has 0 spiro atoms. The highest BCUT2D eigenvalue weighted by Crippen LogP contribution is 2.15. The summed E-state index contributed by atoms with van der Waals surface area (Å²) in [5.74, 6) is 0.00912. The molecule has 0 fully saturated rings. The van der Waals surface area contributed by atoms with E-state index in [-0.39, 0.29) is 17.5 Å². The van der Waals surface area contributed by atoms with Gasteiger partial charge in [-0.3, -0.25) is 4.68 Å². The molecule has 1 heterocycles. The minimum absolute atomic E-state index is 0.0200. The van der Waals surface area contributed by atoms with Crippen molar-refractivity contribution in [1.82, 2.24) is 9.78 Å². The Hall–Kier alpha value is -0.880. The maximum Gasteiger partial charge on any atom is 0.157 e. The van der Waals surface area contributed by atoms with Gasteiger partial charge in [-0.05, 0) is 25.3 Å². The van der Waals surface area contributed by atoms with Crippen LogP contribution in [0.5, 0.6) is 0 Å². The summed E-state index contributed by atoms with van der Waals surface area (Å²) in [6, 6.07) is 1.84. The van der Waals surface area contributed by atoms with E-state index in [1.807, 2.05) is 17.8 Å². The second-order valence-corrected chi connectivity index (χ2v) is 7.09. The van der Waals surface area contributed by atoms with Crippen LogP contribution in [0.3, 0.4) is 0 Å². The predicted octanol–water partition coefficient (Wildman–Crippen LogP) is 1.90. The van der Waals surface area contributed by atoms with Crippen LogP contribution in [0.1, 0.15) is 51.8 Å². The second kappa shape index (κ2) is 7.05. The van der Waals surface area contributed by atoms with E-state index in [1.54, 1.807) is 6.07 Å². The molecule has 110 valence electrons. The first-order chi connectivity index (χ1) is 8.91. The van der Waals surface area contributed by atoms with Crippen molar-refractivity contribution in [3.05, 3.63) is 18.0 Å². The van der Waals surface area contributed by atoms with Crippen LogP contribution >= 0.6 is 0 Å². The zero-order valence-electron chi connectivity index (χ0n) is 12.0. The molecule has 6 heteroatoms. The lowest BCUT2D eigenvalue weighted by atomic mass is 10.2. The highest BCUT2D eigenvalue weighted by atomic mass is 32.2. The van der Waals surface area contributed by atoms with Crippen LogP contribution in [-0.2, 0) is 15.6 Å². The molecule has 2 N–H and O–H groups in total. The van der Waals surface area contributed by atoms with Crippen molar-refractivity contribution in [1.29, 1.82) is 0 Å². The average molecular weight is 287 g/mol. The molecule has 0 saturated heterocycles.